The van der Waals surface area contributed by atoms with Gasteiger partial charge in [0.05, 0.1) is 7.11 Å². The maximum Gasteiger partial charge on any atom is 0.118 e. The molecular formula is C22H28O2. The number of methoxy groups -OCH3 is 1. The molecule has 1 unspecified atom stereocenters. The lowest BCUT2D eigenvalue weighted by Gasteiger charge is -2.21. The van der Waals surface area contributed by atoms with Crippen LogP contribution in [0.4, 0.5) is 0 Å². The summed E-state index contributed by atoms with van der Waals surface area (Å²) in [6, 6.07) is 18.1. The first-order valence-electron chi connectivity index (χ1n) is 8.80. The molecule has 0 spiro atoms. The summed E-state index contributed by atoms with van der Waals surface area (Å²) < 4.78 is 5.27. The first-order chi connectivity index (χ1) is 11.7. The van der Waals surface area contributed by atoms with Crippen molar-refractivity contribution in [3.63, 3.8) is 0 Å². The van der Waals surface area contributed by atoms with Gasteiger partial charge < -0.3 is 9.84 Å². The summed E-state index contributed by atoms with van der Waals surface area (Å²) in [5.74, 6) is 0.857. The van der Waals surface area contributed by atoms with Gasteiger partial charge in [0.25, 0.3) is 0 Å². The van der Waals surface area contributed by atoms with Crippen LogP contribution in [0, 0.1) is 0 Å². The zero-order valence-electron chi connectivity index (χ0n) is 15.0. The molecule has 128 valence electrons. The molecule has 24 heavy (non-hydrogen) atoms. The van der Waals surface area contributed by atoms with E-state index in [-0.39, 0.29) is 0 Å². The van der Waals surface area contributed by atoms with E-state index in [9.17, 15) is 5.11 Å². The van der Waals surface area contributed by atoms with Gasteiger partial charge >= 0.3 is 0 Å². The van der Waals surface area contributed by atoms with Gasteiger partial charge in [-0.3, -0.25) is 0 Å². The lowest BCUT2D eigenvalue weighted by atomic mass is 9.88. The van der Waals surface area contributed by atoms with E-state index in [2.05, 4.69) is 26.0 Å². The fourth-order valence-electron chi connectivity index (χ4n) is 3.09. The molecule has 0 fully saturated rings. The van der Waals surface area contributed by atoms with Crippen LogP contribution in [0.5, 0.6) is 5.75 Å². The van der Waals surface area contributed by atoms with Crippen molar-refractivity contribution < 1.29 is 9.84 Å². The first kappa shape index (κ1) is 18.3. The molecular weight excluding hydrogens is 296 g/mol. The van der Waals surface area contributed by atoms with Crippen molar-refractivity contribution in [2.75, 3.05) is 7.11 Å². The molecule has 0 saturated heterocycles. The number of benzene rings is 2. The number of hydrogen-bond acceptors (Lipinski definition) is 2. The minimum absolute atomic E-state index is 0.546. The minimum Gasteiger partial charge on any atom is -0.497 e. The normalized spacial score (nSPS) is 13.3. The summed E-state index contributed by atoms with van der Waals surface area (Å²) in [4.78, 5) is 0. The minimum atomic E-state index is -0.546. The number of aliphatic hydroxyl groups excluding tert-OH is 1. The quantitative estimate of drug-likeness (QED) is 0.666. The summed E-state index contributed by atoms with van der Waals surface area (Å²) in [5, 5.41) is 11.0. The Hall–Kier alpha value is -2.06. The monoisotopic (exact) mass is 324 g/mol. The second-order valence-electron chi connectivity index (χ2n) is 6.05. The molecule has 0 aromatic heterocycles. The van der Waals surface area contributed by atoms with Gasteiger partial charge in [0, 0.05) is 0 Å². The Morgan fingerprint density at radius 3 is 2.08 bits per heavy atom. The standard InChI is InChI=1S/C22H28O2/c1-4-9-20(17-13-15-19(24-3)16-14-17)21(10-5-2)22(23)18-11-7-6-8-12-18/h6-8,11-16,22-23H,4-5,9-10H2,1-3H3/b21-20-. The molecule has 0 aliphatic rings. The molecule has 2 nitrogen and oxygen atoms in total. The summed E-state index contributed by atoms with van der Waals surface area (Å²) >= 11 is 0. The highest BCUT2D eigenvalue weighted by Crippen LogP contribution is 2.35. The Kier molecular flexibility index (Phi) is 7.07. The van der Waals surface area contributed by atoms with Crippen LogP contribution in [-0.2, 0) is 0 Å². The third-order valence-electron chi connectivity index (χ3n) is 4.29. The number of ether oxygens (including phenoxy) is 1. The number of aliphatic hydroxyl groups is 1. The van der Waals surface area contributed by atoms with Gasteiger partial charge in [-0.2, -0.15) is 0 Å². The van der Waals surface area contributed by atoms with Crippen molar-refractivity contribution in [1.82, 2.24) is 0 Å². The SMILES string of the molecule is CCC/C(=C(\CCC)C(O)c1ccccc1)c1ccc(OC)cc1. The Morgan fingerprint density at radius 1 is 0.917 bits per heavy atom. The van der Waals surface area contributed by atoms with Gasteiger partial charge in [0.2, 0.25) is 0 Å². The van der Waals surface area contributed by atoms with E-state index >= 15 is 0 Å². The summed E-state index contributed by atoms with van der Waals surface area (Å²) in [6.45, 7) is 4.34. The van der Waals surface area contributed by atoms with Gasteiger partial charge in [-0.25, -0.2) is 0 Å². The van der Waals surface area contributed by atoms with Crippen LogP contribution < -0.4 is 4.74 Å². The highest BCUT2D eigenvalue weighted by atomic mass is 16.5. The molecule has 2 aromatic carbocycles. The summed E-state index contributed by atoms with van der Waals surface area (Å²) in [7, 11) is 1.68. The fourth-order valence-corrected chi connectivity index (χ4v) is 3.09. The lowest BCUT2D eigenvalue weighted by molar-refractivity contribution is 0.211. The fraction of sp³-hybridized carbons (Fsp3) is 0.364. The van der Waals surface area contributed by atoms with Crippen molar-refractivity contribution in [2.45, 2.75) is 45.6 Å². The van der Waals surface area contributed by atoms with Gasteiger partial charge in [-0.05, 0) is 47.2 Å². The van der Waals surface area contributed by atoms with Crippen LogP contribution in [0.15, 0.2) is 60.2 Å². The van der Waals surface area contributed by atoms with E-state index in [4.69, 9.17) is 4.74 Å². The van der Waals surface area contributed by atoms with E-state index in [0.29, 0.717) is 0 Å². The van der Waals surface area contributed by atoms with Gasteiger partial charge in [0.1, 0.15) is 11.9 Å². The molecule has 2 heteroatoms. The molecule has 2 aromatic rings. The molecule has 0 bridgehead atoms. The number of allylic oxidation sites excluding steroid dienone is 1. The van der Waals surface area contributed by atoms with Crippen molar-refractivity contribution in [1.29, 1.82) is 0 Å². The van der Waals surface area contributed by atoms with Crippen molar-refractivity contribution in [3.8, 4) is 5.75 Å². The Labute approximate surface area is 145 Å². The maximum absolute atomic E-state index is 11.0. The largest absolute Gasteiger partial charge is 0.497 e. The molecule has 0 saturated carbocycles. The van der Waals surface area contributed by atoms with E-state index < -0.39 is 6.10 Å². The molecule has 0 amide bonds. The van der Waals surface area contributed by atoms with E-state index in [1.165, 1.54) is 11.1 Å². The molecule has 0 radical (unpaired) electrons. The lowest BCUT2D eigenvalue weighted by Crippen LogP contribution is -2.05. The smallest absolute Gasteiger partial charge is 0.118 e. The first-order valence-corrected chi connectivity index (χ1v) is 8.80. The average Bonchev–Trinajstić information content (AvgIpc) is 2.65. The van der Waals surface area contributed by atoms with Crippen LogP contribution in [0.2, 0.25) is 0 Å². The third kappa shape index (κ3) is 4.48. The second kappa shape index (κ2) is 9.29. The highest BCUT2D eigenvalue weighted by molar-refractivity contribution is 5.70. The summed E-state index contributed by atoms with van der Waals surface area (Å²) in [6.07, 6.45) is 3.39. The van der Waals surface area contributed by atoms with Crippen molar-refractivity contribution >= 4 is 5.57 Å². The van der Waals surface area contributed by atoms with Gasteiger partial charge in [0.15, 0.2) is 0 Å². The van der Waals surface area contributed by atoms with Crippen LogP contribution in [0.25, 0.3) is 5.57 Å². The Morgan fingerprint density at radius 2 is 1.54 bits per heavy atom. The van der Waals surface area contributed by atoms with Gasteiger partial charge in [-0.15, -0.1) is 0 Å². The Balaban J connectivity index is 2.48. The molecule has 0 heterocycles. The van der Waals surface area contributed by atoms with Crippen LogP contribution in [-0.4, -0.2) is 12.2 Å². The maximum atomic E-state index is 11.0. The number of hydrogen-bond donors (Lipinski definition) is 1. The third-order valence-corrected chi connectivity index (χ3v) is 4.29. The highest BCUT2D eigenvalue weighted by Gasteiger charge is 2.18. The molecule has 0 aliphatic carbocycles. The van der Waals surface area contributed by atoms with Crippen LogP contribution in [0.1, 0.15) is 56.8 Å². The predicted molar refractivity (Wildman–Crippen MR) is 101 cm³/mol. The zero-order chi connectivity index (χ0) is 17.4. The summed E-state index contributed by atoms with van der Waals surface area (Å²) in [5.41, 5.74) is 4.54. The molecule has 0 aliphatic heterocycles. The van der Waals surface area contributed by atoms with Crippen molar-refractivity contribution in [3.05, 3.63) is 71.3 Å². The van der Waals surface area contributed by atoms with E-state index in [1.54, 1.807) is 7.11 Å². The van der Waals surface area contributed by atoms with E-state index in [1.807, 2.05) is 42.5 Å². The average molecular weight is 324 g/mol. The van der Waals surface area contributed by atoms with Crippen LogP contribution in [0.3, 0.4) is 0 Å². The molecule has 1 N–H and O–H groups in total. The Bertz CT molecular complexity index is 641. The van der Waals surface area contributed by atoms with Gasteiger partial charge in [-0.1, -0.05) is 69.2 Å². The topological polar surface area (TPSA) is 29.5 Å². The second-order valence-corrected chi connectivity index (χ2v) is 6.05. The van der Waals surface area contributed by atoms with E-state index in [0.717, 1.165) is 42.6 Å². The molecule has 1 atom stereocenters. The van der Waals surface area contributed by atoms with Crippen molar-refractivity contribution in [2.24, 2.45) is 0 Å². The zero-order valence-corrected chi connectivity index (χ0v) is 15.0. The number of rotatable bonds is 8. The van der Waals surface area contributed by atoms with Crippen LogP contribution >= 0.6 is 0 Å². The molecule has 2 rings (SSSR count). The predicted octanol–water partition coefficient (Wildman–Crippen LogP) is 5.78.